The van der Waals surface area contributed by atoms with Gasteiger partial charge >= 0.3 is 0 Å². The SMILES string of the molecule is COc1ccc(C(=O)n2cc3c(n2)-c2cc(Cl)ccc2SC3)cc1. The van der Waals surface area contributed by atoms with E-state index >= 15 is 0 Å². The number of nitrogens with zero attached hydrogens (tertiary/aromatic N) is 2. The van der Waals surface area contributed by atoms with E-state index in [1.807, 2.05) is 18.2 Å². The number of carbonyl (C=O) groups is 1. The first-order chi connectivity index (χ1) is 11.7. The van der Waals surface area contributed by atoms with Crippen molar-refractivity contribution in [2.24, 2.45) is 0 Å². The van der Waals surface area contributed by atoms with Crippen LogP contribution in [0.1, 0.15) is 15.9 Å². The Hall–Kier alpha value is -2.24. The Labute approximate surface area is 148 Å². The highest BCUT2D eigenvalue weighted by atomic mass is 35.5. The number of benzene rings is 2. The molecule has 0 radical (unpaired) electrons. The molecule has 120 valence electrons. The summed E-state index contributed by atoms with van der Waals surface area (Å²) in [5.74, 6) is 1.34. The maximum absolute atomic E-state index is 12.7. The van der Waals surface area contributed by atoms with Gasteiger partial charge in [-0.15, -0.1) is 11.8 Å². The largest absolute Gasteiger partial charge is 0.497 e. The summed E-state index contributed by atoms with van der Waals surface area (Å²) < 4.78 is 6.53. The molecule has 4 rings (SSSR count). The first kappa shape index (κ1) is 15.3. The van der Waals surface area contributed by atoms with Crippen molar-refractivity contribution in [3.05, 3.63) is 64.8 Å². The van der Waals surface area contributed by atoms with Crippen LogP contribution in [0.3, 0.4) is 0 Å². The fourth-order valence-corrected chi connectivity index (χ4v) is 3.85. The summed E-state index contributed by atoms with van der Waals surface area (Å²) in [4.78, 5) is 13.8. The molecule has 1 aliphatic heterocycles. The lowest BCUT2D eigenvalue weighted by atomic mass is 10.1. The van der Waals surface area contributed by atoms with Crippen molar-refractivity contribution >= 4 is 29.3 Å². The van der Waals surface area contributed by atoms with Crippen molar-refractivity contribution in [3.8, 4) is 17.0 Å². The Bertz CT molecular complexity index is 935. The zero-order chi connectivity index (χ0) is 16.7. The summed E-state index contributed by atoms with van der Waals surface area (Å²) in [7, 11) is 1.60. The molecule has 24 heavy (non-hydrogen) atoms. The number of halogens is 1. The van der Waals surface area contributed by atoms with E-state index < -0.39 is 0 Å². The van der Waals surface area contributed by atoms with Crippen molar-refractivity contribution < 1.29 is 9.53 Å². The Balaban J connectivity index is 1.73. The summed E-state index contributed by atoms with van der Waals surface area (Å²) in [5.41, 5.74) is 3.41. The van der Waals surface area contributed by atoms with Gasteiger partial charge in [0.05, 0.1) is 12.8 Å². The van der Waals surface area contributed by atoms with Crippen LogP contribution in [0.4, 0.5) is 0 Å². The summed E-state index contributed by atoms with van der Waals surface area (Å²) >= 11 is 7.84. The summed E-state index contributed by atoms with van der Waals surface area (Å²) in [5, 5.41) is 5.18. The second kappa shape index (κ2) is 6.00. The van der Waals surface area contributed by atoms with Gasteiger partial charge in [0.25, 0.3) is 5.91 Å². The molecule has 2 aromatic carbocycles. The number of hydrogen-bond acceptors (Lipinski definition) is 4. The fraction of sp³-hybridized carbons (Fsp3) is 0.111. The van der Waals surface area contributed by atoms with Crippen LogP contribution in [-0.4, -0.2) is 22.8 Å². The highest BCUT2D eigenvalue weighted by Gasteiger charge is 2.22. The topological polar surface area (TPSA) is 44.1 Å². The predicted octanol–water partition coefficient (Wildman–Crippen LogP) is 4.51. The molecule has 0 amide bonds. The molecule has 2 heterocycles. The lowest BCUT2D eigenvalue weighted by Crippen LogP contribution is -2.12. The van der Waals surface area contributed by atoms with Crippen LogP contribution in [0.2, 0.25) is 5.02 Å². The van der Waals surface area contributed by atoms with Crippen LogP contribution >= 0.6 is 23.4 Å². The molecule has 0 spiro atoms. The van der Waals surface area contributed by atoms with Crippen LogP contribution in [0.25, 0.3) is 11.3 Å². The summed E-state index contributed by atoms with van der Waals surface area (Å²) in [6.07, 6.45) is 1.80. The molecule has 0 fully saturated rings. The Morgan fingerprint density at radius 2 is 2.04 bits per heavy atom. The third-order valence-corrected chi connectivity index (χ3v) is 5.27. The Morgan fingerprint density at radius 1 is 1.25 bits per heavy atom. The molecule has 6 heteroatoms. The van der Waals surface area contributed by atoms with Gasteiger partial charge in [0.15, 0.2) is 0 Å². The molecule has 0 unspecified atom stereocenters. The quantitative estimate of drug-likeness (QED) is 0.677. The van der Waals surface area contributed by atoms with E-state index in [0.717, 1.165) is 27.5 Å². The minimum atomic E-state index is -0.166. The number of carbonyl (C=O) groups excluding carboxylic acids is 1. The van der Waals surface area contributed by atoms with Gasteiger partial charge in [-0.3, -0.25) is 4.79 Å². The number of fused-ring (bicyclic) bond motifs is 3. The van der Waals surface area contributed by atoms with E-state index in [1.54, 1.807) is 49.3 Å². The third kappa shape index (κ3) is 2.60. The van der Waals surface area contributed by atoms with Crippen molar-refractivity contribution in [3.63, 3.8) is 0 Å². The van der Waals surface area contributed by atoms with Gasteiger partial charge in [-0.2, -0.15) is 5.10 Å². The second-order valence-electron chi connectivity index (χ2n) is 5.41. The monoisotopic (exact) mass is 356 g/mol. The standard InChI is InChI=1S/C18H13ClN2O2S/c1-23-14-5-2-11(3-6-14)18(22)21-9-12-10-24-16-7-4-13(19)8-15(16)17(12)20-21/h2-9H,10H2,1H3. The highest BCUT2D eigenvalue weighted by Crippen LogP contribution is 2.41. The van der Waals surface area contributed by atoms with Crippen LogP contribution in [0.15, 0.2) is 53.6 Å². The van der Waals surface area contributed by atoms with Crippen molar-refractivity contribution in [2.75, 3.05) is 7.11 Å². The number of ether oxygens (including phenoxy) is 1. The van der Waals surface area contributed by atoms with Crippen molar-refractivity contribution in [1.29, 1.82) is 0 Å². The zero-order valence-electron chi connectivity index (χ0n) is 12.8. The Morgan fingerprint density at radius 3 is 2.79 bits per heavy atom. The smallest absolute Gasteiger partial charge is 0.278 e. The molecular formula is C18H13ClN2O2S. The van der Waals surface area contributed by atoms with E-state index in [-0.39, 0.29) is 5.91 Å². The lowest BCUT2D eigenvalue weighted by Gasteiger charge is -2.14. The van der Waals surface area contributed by atoms with Gasteiger partial charge in [-0.1, -0.05) is 11.6 Å². The van der Waals surface area contributed by atoms with Crippen LogP contribution in [0, 0.1) is 0 Å². The van der Waals surface area contributed by atoms with Crippen molar-refractivity contribution in [2.45, 2.75) is 10.6 Å². The summed E-state index contributed by atoms with van der Waals surface area (Å²) in [6, 6.07) is 12.8. The van der Waals surface area contributed by atoms with E-state index in [0.29, 0.717) is 16.3 Å². The van der Waals surface area contributed by atoms with E-state index in [2.05, 4.69) is 5.10 Å². The number of aromatic nitrogens is 2. The van der Waals surface area contributed by atoms with Gasteiger partial charge in [0.2, 0.25) is 0 Å². The van der Waals surface area contributed by atoms with Gasteiger partial charge in [0, 0.05) is 38.6 Å². The molecule has 0 N–H and O–H groups in total. The van der Waals surface area contributed by atoms with E-state index in [9.17, 15) is 4.79 Å². The molecule has 0 aliphatic carbocycles. The highest BCUT2D eigenvalue weighted by molar-refractivity contribution is 7.98. The average Bonchev–Trinajstić information content (AvgIpc) is 3.06. The lowest BCUT2D eigenvalue weighted by molar-refractivity contribution is 0.0945. The first-order valence-corrected chi connectivity index (χ1v) is 8.72. The number of rotatable bonds is 2. The van der Waals surface area contributed by atoms with Crippen LogP contribution < -0.4 is 4.74 Å². The summed E-state index contributed by atoms with van der Waals surface area (Å²) in [6.45, 7) is 0. The van der Waals surface area contributed by atoms with Crippen LogP contribution in [-0.2, 0) is 5.75 Å². The van der Waals surface area contributed by atoms with E-state index in [4.69, 9.17) is 16.3 Å². The van der Waals surface area contributed by atoms with Gasteiger partial charge in [0.1, 0.15) is 5.75 Å². The van der Waals surface area contributed by atoms with E-state index in [1.165, 1.54) is 4.68 Å². The molecule has 4 nitrogen and oxygen atoms in total. The fourth-order valence-electron chi connectivity index (χ4n) is 2.68. The molecular weight excluding hydrogens is 344 g/mol. The Kier molecular flexibility index (Phi) is 3.82. The molecule has 1 aliphatic rings. The molecule has 0 saturated heterocycles. The number of methoxy groups -OCH3 is 1. The molecule has 0 atom stereocenters. The molecule has 0 bridgehead atoms. The first-order valence-electron chi connectivity index (χ1n) is 7.36. The third-order valence-electron chi connectivity index (χ3n) is 3.91. The number of thioether (sulfide) groups is 1. The van der Waals surface area contributed by atoms with Gasteiger partial charge < -0.3 is 4.74 Å². The minimum Gasteiger partial charge on any atom is -0.497 e. The maximum Gasteiger partial charge on any atom is 0.278 e. The predicted molar refractivity (Wildman–Crippen MR) is 95.0 cm³/mol. The van der Waals surface area contributed by atoms with Crippen LogP contribution in [0.5, 0.6) is 5.75 Å². The molecule has 3 aromatic rings. The maximum atomic E-state index is 12.7. The average molecular weight is 357 g/mol. The molecule has 0 saturated carbocycles. The van der Waals surface area contributed by atoms with Crippen molar-refractivity contribution in [1.82, 2.24) is 9.78 Å². The second-order valence-corrected chi connectivity index (χ2v) is 6.86. The normalized spacial score (nSPS) is 12.4. The number of hydrogen-bond donors (Lipinski definition) is 0. The minimum absolute atomic E-state index is 0.166. The van der Waals surface area contributed by atoms with Gasteiger partial charge in [-0.25, -0.2) is 4.68 Å². The molecule has 1 aromatic heterocycles. The zero-order valence-corrected chi connectivity index (χ0v) is 14.4. The van der Waals surface area contributed by atoms with Gasteiger partial charge in [-0.05, 0) is 42.5 Å².